The number of urea groups is 1. The lowest BCUT2D eigenvalue weighted by molar-refractivity contribution is -0.136. The molecule has 2 N–H and O–H groups in total. The highest BCUT2D eigenvalue weighted by atomic mass is 79.9. The molecule has 0 radical (unpaired) electrons. The van der Waals surface area contributed by atoms with Gasteiger partial charge in [0.2, 0.25) is 0 Å². The van der Waals surface area contributed by atoms with E-state index >= 15 is 0 Å². The maximum absolute atomic E-state index is 12.1. The number of carbonyl (C=O) groups excluding carboxylic acids is 2. The van der Waals surface area contributed by atoms with Crippen LogP contribution < -0.4 is 20.1 Å². The molecular formula is C16H19BrN2O5. The van der Waals surface area contributed by atoms with Crippen LogP contribution in [0.5, 0.6) is 11.5 Å². The molecule has 1 atom stereocenters. The molecule has 0 saturated heterocycles. The minimum atomic E-state index is -0.660. The fraction of sp³-hybridized carbons (Fsp3) is 0.375. The van der Waals surface area contributed by atoms with Crippen LogP contribution in [0.25, 0.3) is 0 Å². The number of methoxy groups -OCH3 is 2. The van der Waals surface area contributed by atoms with Gasteiger partial charge in [-0.05, 0) is 47.5 Å². The maximum atomic E-state index is 12.1. The Bertz CT molecular complexity index is 702. The van der Waals surface area contributed by atoms with Crippen LogP contribution in [0.15, 0.2) is 27.9 Å². The molecule has 0 spiro atoms. The van der Waals surface area contributed by atoms with Gasteiger partial charge in [-0.2, -0.15) is 0 Å². The Balaban J connectivity index is 2.57. The van der Waals surface area contributed by atoms with Crippen molar-refractivity contribution in [3.8, 4) is 11.5 Å². The van der Waals surface area contributed by atoms with E-state index in [1.54, 1.807) is 26.2 Å². The third-order valence-corrected chi connectivity index (χ3v) is 4.13. The molecule has 1 heterocycles. The van der Waals surface area contributed by atoms with Gasteiger partial charge in [0, 0.05) is 5.70 Å². The van der Waals surface area contributed by atoms with Crippen molar-refractivity contribution in [2.24, 2.45) is 0 Å². The molecule has 1 aromatic rings. The lowest BCUT2D eigenvalue weighted by atomic mass is 9.95. The summed E-state index contributed by atoms with van der Waals surface area (Å²) in [5.41, 5.74) is 1.44. The van der Waals surface area contributed by atoms with E-state index in [0.29, 0.717) is 39.4 Å². The summed E-state index contributed by atoms with van der Waals surface area (Å²) >= 11 is 3.43. The van der Waals surface area contributed by atoms with Crippen LogP contribution >= 0.6 is 15.9 Å². The smallest absolute Gasteiger partial charge is 0.337 e. The van der Waals surface area contributed by atoms with Crippen molar-refractivity contribution in [1.82, 2.24) is 10.6 Å². The van der Waals surface area contributed by atoms with Crippen molar-refractivity contribution < 1.29 is 23.8 Å². The molecule has 1 aliphatic heterocycles. The van der Waals surface area contributed by atoms with E-state index in [0.717, 1.165) is 0 Å². The predicted molar refractivity (Wildman–Crippen MR) is 91.0 cm³/mol. The first-order valence-corrected chi connectivity index (χ1v) is 8.09. The van der Waals surface area contributed by atoms with Crippen molar-refractivity contribution >= 4 is 27.9 Å². The molecule has 130 valence electrons. The van der Waals surface area contributed by atoms with Crippen molar-refractivity contribution in [3.05, 3.63) is 33.4 Å². The number of hydrogen-bond donors (Lipinski definition) is 2. The minimum absolute atomic E-state index is 0.330. The van der Waals surface area contributed by atoms with Gasteiger partial charge in [-0.1, -0.05) is 0 Å². The molecule has 24 heavy (non-hydrogen) atoms. The predicted octanol–water partition coefficient (Wildman–Crippen LogP) is 2.66. The number of carbonyl (C=O) groups is 2. The molecule has 7 nitrogen and oxygen atoms in total. The highest BCUT2D eigenvalue weighted by Crippen LogP contribution is 2.40. The van der Waals surface area contributed by atoms with E-state index in [1.165, 1.54) is 7.11 Å². The number of nitrogens with one attached hydrogen (secondary N) is 2. The number of allylic oxidation sites excluding steroid dienone is 1. The molecule has 1 aromatic carbocycles. The first-order valence-electron chi connectivity index (χ1n) is 7.29. The summed E-state index contributed by atoms with van der Waals surface area (Å²) in [5, 5.41) is 5.32. The van der Waals surface area contributed by atoms with E-state index in [9.17, 15) is 9.59 Å². The Labute approximate surface area is 148 Å². The fourth-order valence-corrected chi connectivity index (χ4v) is 3.16. The first kappa shape index (κ1) is 18.1. The normalized spacial score (nSPS) is 17.0. The largest absolute Gasteiger partial charge is 0.492 e. The van der Waals surface area contributed by atoms with Gasteiger partial charge in [0.25, 0.3) is 0 Å². The lowest BCUT2D eigenvalue weighted by Crippen LogP contribution is -2.45. The molecule has 0 fully saturated rings. The Morgan fingerprint density at radius 1 is 1.33 bits per heavy atom. The van der Waals surface area contributed by atoms with Crippen LogP contribution in [0.4, 0.5) is 4.79 Å². The summed E-state index contributed by atoms with van der Waals surface area (Å²) < 4.78 is 16.4. The summed E-state index contributed by atoms with van der Waals surface area (Å²) in [6.07, 6.45) is 0. The van der Waals surface area contributed by atoms with Gasteiger partial charge in [-0.15, -0.1) is 0 Å². The van der Waals surface area contributed by atoms with Crippen molar-refractivity contribution in [2.75, 3.05) is 20.8 Å². The van der Waals surface area contributed by atoms with Crippen LogP contribution in [0, 0.1) is 0 Å². The number of ether oxygens (including phenoxy) is 3. The molecule has 1 unspecified atom stereocenters. The van der Waals surface area contributed by atoms with Crippen LogP contribution in [0.1, 0.15) is 25.5 Å². The van der Waals surface area contributed by atoms with Crippen LogP contribution in [0.3, 0.4) is 0 Å². The van der Waals surface area contributed by atoms with Gasteiger partial charge >= 0.3 is 12.0 Å². The molecule has 0 saturated carbocycles. The molecule has 0 bridgehead atoms. The van der Waals surface area contributed by atoms with Crippen LogP contribution in [0.2, 0.25) is 0 Å². The molecule has 0 aliphatic carbocycles. The van der Waals surface area contributed by atoms with Gasteiger partial charge in [0.15, 0.2) is 11.5 Å². The topological polar surface area (TPSA) is 85.9 Å². The average Bonchev–Trinajstić information content (AvgIpc) is 2.53. The van der Waals surface area contributed by atoms with E-state index in [-0.39, 0.29) is 0 Å². The number of amides is 2. The third kappa shape index (κ3) is 3.48. The Morgan fingerprint density at radius 2 is 2.04 bits per heavy atom. The van der Waals surface area contributed by atoms with Crippen LogP contribution in [-0.4, -0.2) is 32.8 Å². The fourth-order valence-electron chi connectivity index (χ4n) is 2.54. The van der Waals surface area contributed by atoms with Crippen LogP contribution in [-0.2, 0) is 9.53 Å². The van der Waals surface area contributed by atoms with Crippen molar-refractivity contribution in [2.45, 2.75) is 19.9 Å². The molecule has 2 amide bonds. The summed E-state index contributed by atoms with van der Waals surface area (Å²) in [7, 11) is 2.84. The summed E-state index contributed by atoms with van der Waals surface area (Å²) in [4.78, 5) is 24.0. The summed E-state index contributed by atoms with van der Waals surface area (Å²) in [6.45, 7) is 3.96. The molecule has 0 aromatic heterocycles. The van der Waals surface area contributed by atoms with Gasteiger partial charge in [-0.25, -0.2) is 9.59 Å². The molecule has 2 rings (SSSR count). The van der Waals surface area contributed by atoms with E-state index in [2.05, 4.69) is 26.6 Å². The molecule has 1 aliphatic rings. The highest BCUT2D eigenvalue weighted by Gasteiger charge is 2.32. The zero-order valence-electron chi connectivity index (χ0n) is 13.9. The SMILES string of the molecule is CCOc1cc(C2NC(=O)NC(C)=C2C(=O)OC)cc(Br)c1OC. The van der Waals surface area contributed by atoms with Gasteiger partial charge < -0.3 is 24.8 Å². The average molecular weight is 399 g/mol. The van der Waals surface area contributed by atoms with E-state index < -0.39 is 18.0 Å². The van der Waals surface area contributed by atoms with E-state index in [1.807, 2.05) is 6.92 Å². The van der Waals surface area contributed by atoms with Crippen molar-refractivity contribution in [3.63, 3.8) is 0 Å². The Hall–Kier alpha value is -2.22. The minimum Gasteiger partial charge on any atom is -0.492 e. The second kappa shape index (κ2) is 7.57. The second-order valence-corrected chi connectivity index (χ2v) is 5.88. The van der Waals surface area contributed by atoms with Gasteiger partial charge in [0.1, 0.15) is 0 Å². The number of halogens is 1. The van der Waals surface area contributed by atoms with Gasteiger partial charge in [-0.3, -0.25) is 0 Å². The second-order valence-electron chi connectivity index (χ2n) is 5.03. The summed E-state index contributed by atoms with van der Waals surface area (Å²) in [6, 6.07) is 2.45. The van der Waals surface area contributed by atoms with Crippen molar-refractivity contribution in [1.29, 1.82) is 0 Å². The third-order valence-electron chi connectivity index (χ3n) is 3.54. The quantitative estimate of drug-likeness (QED) is 0.744. The summed E-state index contributed by atoms with van der Waals surface area (Å²) in [5.74, 6) is 0.537. The molecular weight excluding hydrogens is 380 g/mol. The standard InChI is InChI=1S/C16H19BrN2O5/c1-5-24-11-7-9(6-10(17)14(11)22-3)13-12(15(20)23-4)8(2)18-16(21)19-13/h6-7,13H,5H2,1-4H3,(H2,18,19,21). The highest BCUT2D eigenvalue weighted by molar-refractivity contribution is 9.10. The molecule has 8 heteroatoms. The first-order chi connectivity index (χ1) is 11.4. The van der Waals surface area contributed by atoms with Gasteiger partial charge in [0.05, 0.1) is 36.9 Å². The Morgan fingerprint density at radius 3 is 2.62 bits per heavy atom. The van der Waals surface area contributed by atoms with E-state index in [4.69, 9.17) is 14.2 Å². The number of hydrogen-bond acceptors (Lipinski definition) is 5. The zero-order chi connectivity index (χ0) is 17.9. The monoisotopic (exact) mass is 398 g/mol. The number of rotatable bonds is 5. The number of benzene rings is 1. The zero-order valence-corrected chi connectivity index (χ0v) is 15.4. The lowest BCUT2D eigenvalue weighted by Gasteiger charge is -2.28. The maximum Gasteiger partial charge on any atom is 0.337 e. The Kier molecular flexibility index (Phi) is 5.71. The number of esters is 1.